The molecular formula is C10H16AlLi. The second-order valence-electron chi connectivity index (χ2n) is 3.39. The van der Waals surface area contributed by atoms with Gasteiger partial charge in [-0.05, 0) is 38.8 Å². The normalized spacial score (nSPS) is 9.33. The summed E-state index contributed by atoms with van der Waals surface area (Å²) in [6.45, 7) is 8.85. The van der Waals surface area contributed by atoms with Gasteiger partial charge in [-0.3, -0.25) is 0 Å². The van der Waals surface area contributed by atoms with Crippen molar-refractivity contribution in [1.29, 1.82) is 0 Å². The molecule has 0 aliphatic carbocycles. The summed E-state index contributed by atoms with van der Waals surface area (Å²) in [4.78, 5) is 0. The van der Waals surface area contributed by atoms with E-state index < -0.39 is 0 Å². The first-order chi connectivity index (χ1) is 5.04. The van der Waals surface area contributed by atoms with Gasteiger partial charge in [-0.1, -0.05) is 17.2 Å². The first-order valence-corrected chi connectivity index (χ1v) is 5.08. The van der Waals surface area contributed by atoms with Crippen molar-refractivity contribution >= 4 is 39.6 Å². The maximum absolute atomic E-state index is 2.28. The van der Waals surface area contributed by atoms with Crippen molar-refractivity contribution in [1.82, 2.24) is 0 Å². The van der Waals surface area contributed by atoms with Gasteiger partial charge in [-0.2, -0.15) is 0 Å². The van der Waals surface area contributed by atoms with E-state index in [1.165, 1.54) is 38.5 Å². The Bertz CT molecular complexity index is 266. The van der Waals surface area contributed by atoms with E-state index in [9.17, 15) is 0 Å². The standard InChI is InChI=1S/C10H13.Al.Li.3H/c1-7-5-9(3)10(4)6-8(7)2;;;;;/h5H,1-4H3;;;;;. The Morgan fingerprint density at radius 2 is 1.25 bits per heavy atom. The van der Waals surface area contributed by atoms with Crippen molar-refractivity contribution in [2.75, 3.05) is 0 Å². The number of hydrogen-bond donors (Lipinski definition) is 0. The van der Waals surface area contributed by atoms with Crippen molar-refractivity contribution < 1.29 is 0 Å². The van der Waals surface area contributed by atoms with E-state index in [0.717, 1.165) is 0 Å². The predicted molar refractivity (Wildman–Crippen MR) is 60.7 cm³/mol. The summed E-state index contributed by atoms with van der Waals surface area (Å²) in [5.41, 5.74) is 5.88. The molecule has 0 amide bonds. The monoisotopic (exact) mass is 170 g/mol. The van der Waals surface area contributed by atoms with Crippen molar-refractivity contribution in [2.45, 2.75) is 27.7 Å². The molecule has 0 saturated heterocycles. The first kappa shape index (κ1) is 12.3. The van der Waals surface area contributed by atoms with Crippen LogP contribution >= 0.6 is 0 Å². The fraction of sp³-hybridized carbons (Fsp3) is 0.400. The van der Waals surface area contributed by atoms with Crippen LogP contribution in [0.25, 0.3) is 0 Å². The first-order valence-electron chi connectivity index (χ1n) is 4.08. The van der Waals surface area contributed by atoms with Gasteiger partial charge in [0.15, 0.2) is 0 Å². The summed E-state index contributed by atoms with van der Waals surface area (Å²) in [5.74, 6) is 0. The van der Waals surface area contributed by atoms with E-state index in [1.807, 2.05) is 0 Å². The van der Waals surface area contributed by atoms with Gasteiger partial charge < -0.3 is 0 Å². The molecule has 0 unspecified atom stereocenters. The Balaban J connectivity index is 0.00000121. The molecule has 1 rings (SSSR count). The number of hydrogen-bond acceptors (Lipinski definition) is 0. The third kappa shape index (κ3) is 2.18. The van der Waals surface area contributed by atoms with E-state index >= 15 is 0 Å². The van der Waals surface area contributed by atoms with Crippen LogP contribution in [0.15, 0.2) is 6.07 Å². The summed E-state index contributed by atoms with van der Waals surface area (Å²) < 4.78 is 1.59. The predicted octanol–water partition coefficient (Wildman–Crippen LogP) is 0.530. The average Bonchev–Trinajstić information content (AvgIpc) is 1.97. The molecule has 12 heavy (non-hydrogen) atoms. The van der Waals surface area contributed by atoms with Gasteiger partial charge in [0.05, 0.1) is 0 Å². The molecule has 60 valence electrons. The van der Waals surface area contributed by atoms with Crippen LogP contribution in [0.4, 0.5) is 0 Å². The van der Waals surface area contributed by atoms with E-state index in [0.29, 0.717) is 0 Å². The van der Waals surface area contributed by atoms with Crippen LogP contribution in [-0.4, -0.2) is 35.2 Å². The summed E-state index contributed by atoms with van der Waals surface area (Å²) in [5, 5.41) is 0. The molecule has 2 heteroatoms. The van der Waals surface area contributed by atoms with E-state index in [2.05, 4.69) is 33.8 Å². The quantitative estimate of drug-likeness (QED) is 0.498. The Morgan fingerprint density at radius 1 is 0.917 bits per heavy atom. The van der Waals surface area contributed by atoms with Crippen LogP contribution in [0.2, 0.25) is 0 Å². The molecule has 0 atom stereocenters. The zero-order valence-corrected chi connectivity index (χ0v) is 10.1. The van der Waals surface area contributed by atoms with Crippen LogP contribution in [0, 0.1) is 27.7 Å². The topological polar surface area (TPSA) is 0 Å². The van der Waals surface area contributed by atoms with Gasteiger partial charge in [0.25, 0.3) is 16.3 Å². The number of rotatable bonds is 0. The molecule has 0 bridgehead atoms. The van der Waals surface area contributed by atoms with Crippen LogP contribution in [0.3, 0.4) is 0 Å². The second-order valence-corrected chi connectivity index (χ2v) is 4.39. The van der Waals surface area contributed by atoms with Gasteiger partial charge in [-0.15, -0.1) is 4.43 Å². The molecule has 0 spiro atoms. The fourth-order valence-electron chi connectivity index (χ4n) is 1.41. The van der Waals surface area contributed by atoms with Gasteiger partial charge >= 0.3 is 18.9 Å². The van der Waals surface area contributed by atoms with Crippen LogP contribution in [-0.2, 0) is 0 Å². The molecule has 0 heterocycles. The van der Waals surface area contributed by atoms with Crippen LogP contribution in [0.5, 0.6) is 0 Å². The van der Waals surface area contributed by atoms with E-state index in [1.54, 1.807) is 4.43 Å². The Morgan fingerprint density at radius 3 is 1.58 bits per heavy atom. The maximum atomic E-state index is 2.28. The summed E-state index contributed by atoms with van der Waals surface area (Å²) in [6, 6.07) is 2.28. The van der Waals surface area contributed by atoms with Crippen molar-refractivity contribution in [2.24, 2.45) is 0 Å². The molecule has 1 aromatic carbocycles. The molecule has 0 aliphatic rings. The van der Waals surface area contributed by atoms with Gasteiger partial charge in [-0.25, -0.2) is 0 Å². The van der Waals surface area contributed by atoms with Crippen molar-refractivity contribution in [3.05, 3.63) is 28.3 Å². The minimum absolute atomic E-state index is 0. The molecule has 0 saturated carbocycles. The Hall–Kier alpha value is 0.350. The molecule has 0 aliphatic heterocycles. The molecule has 0 aromatic heterocycles. The Kier molecular flexibility index (Phi) is 4.68. The molecular weight excluding hydrogens is 154 g/mol. The van der Waals surface area contributed by atoms with Gasteiger partial charge in [0.1, 0.15) is 0 Å². The number of aryl methyl sites for hydroxylation is 2. The second kappa shape index (κ2) is 4.55. The molecule has 0 radical (unpaired) electrons. The fourth-order valence-corrected chi connectivity index (χ4v) is 2.20. The van der Waals surface area contributed by atoms with Gasteiger partial charge in [0.2, 0.25) is 0 Å². The zero-order valence-electron chi connectivity index (χ0n) is 8.08. The van der Waals surface area contributed by atoms with Crippen molar-refractivity contribution in [3.63, 3.8) is 0 Å². The van der Waals surface area contributed by atoms with E-state index in [4.69, 9.17) is 0 Å². The number of benzene rings is 1. The summed E-state index contributed by atoms with van der Waals surface area (Å²) >= 11 is 1.18. The minimum atomic E-state index is 0. The zero-order chi connectivity index (χ0) is 8.59. The molecule has 0 N–H and O–H groups in total. The Labute approximate surface area is 95.4 Å². The van der Waals surface area contributed by atoms with Gasteiger partial charge in [0, 0.05) is 0 Å². The SMILES string of the molecule is Cc1cc(C)c(C)[c]([AlH2])c1C.[LiH]. The molecule has 1 aromatic rings. The van der Waals surface area contributed by atoms with Crippen LogP contribution in [0.1, 0.15) is 22.3 Å². The van der Waals surface area contributed by atoms with E-state index in [-0.39, 0.29) is 18.9 Å². The third-order valence-corrected chi connectivity index (χ3v) is 4.24. The van der Waals surface area contributed by atoms with Crippen LogP contribution < -0.4 is 4.43 Å². The third-order valence-electron chi connectivity index (χ3n) is 2.74. The summed E-state index contributed by atoms with van der Waals surface area (Å²) in [6.07, 6.45) is 0. The average molecular weight is 170 g/mol. The molecule has 0 nitrogen and oxygen atoms in total. The molecule has 0 fully saturated rings. The summed E-state index contributed by atoms with van der Waals surface area (Å²) in [7, 11) is 0. The van der Waals surface area contributed by atoms with Crippen molar-refractivity contribution in [3.8, 4) is 0 Å².